The van der Waals surface area contributed by atoms with Gasteiger partial charge in [0.2, 0.25) is 5.91 Å². The maximum atomic E-state index is 13.1. The van der Waals surface area contributed by atoms with Gasteiger partial charge in [-0.05, 0) is 75.3 Å². The second kappa shape index (κ2) is 16.0. The first-order valence-electron chi connectivity index (χ1n) is 16.9. The quantitative estimate of drug-likeness (QED) is 0.146. The third-order valence-electron chi connectivity index (χ3n) is 9.25. The monoisotopic (exact) mass is 691 g/mol. The zero-order valence-electron chi connectivity index (χ0n) is 29.8. The number of nitrogens with one attached hydrogen (secondary N) is 1. The number of imide groups is 1. The molecule has 3 amide bonds. The topological polar surface area (TPSA) is 98.8 Å². The Morgan fingerprint density at radius 2 is 1.41 bits per heavy atom. The fraction of sp³-hybridized carbons (Fsp3) is 0.474. The van der Waals surface area contributed by atoms with Crippen LogP contribution in [0.25, 0.3) is 0 Å². The van der Waals surface area contributed by atoms with E-state index in [0.29, 0.717) is 6.42 Å². The summed E-state index contributed by atoms with van der Waals surface area (Å²) in [5, 5.41) is 2.49. The zero-order chi connectivity index (χ0) is 35.3. The van der Waals surface area contributed by atoms with E-state index in [4.69, 9.17) is 23.5 Å². The van der Waals surface area contributed by atoms with Gasteiger partial charge in [-0.2, -0.15) is 0 Å². The van der Waals surface area contributed by atoms with Gasteiger partial charge in [0.15, 0.2) is 0 Å². The Kier molecular flexibility index (Phi) is 12.0. The van der Waals surface area contributed by atoms with E-state index in [2.05, 4.69) is 56.5 Å². The van der Waals surface area contributed by atoms with Crippen molar-refractivity contribution in [3.63, 3.8) is 0 Å². The van der Waals surface area contributed by atoms with Crippen LogP contribution >= 0.6 is 8.30 Å². The number of carbonyl (C=O) groups excluding carboxylic acids is 2. The van der Waals surface area contributed by atoms with E-state index in [0.717, 1.165) is 28.2 Å². The highest BCUT2D eigenvalue weighted by Crippen LogP contribution is 2.47. The van der Waals surface area contributed by atoms with Gasteiger partial charge in [-0.15, -0.1) is 0 Å². The van der Waals surface area contributed by atoms with E-state index in [1.54, 1.807) is 19.1 Å². The number of hydrogen-bond acceptors (Lipinski definition) is 8. The van der Waals surface area contributed by atoms with Crippen molar-refractivity contribution in [2.45, 2.75) is 77.2 Å². The highest BCUT2D eigenvalue weighted by atomic mass is 31.2. The normalized spacial score (nSPS) is 22.1. The number of rotatable bonds is 14. The highest BCUT2D eigenvalue weighted by molar-refractivity contribution is 7.49. The summed E-state index contributed by atoms with van der Waals surface area (Å²) in [5.74, 6) is 0.840. The lowest BCUT2D eigenvalue weighted by Gasteiger charge is -2.39. The predicted octanol–water partition coefficient (Wildman–Crippen LogP) is 6.76. The van der Waals surface area contributed by atoms with E-state index in [1.807, 2.05) is 73.7 Å². The van der Waals surface area contributed by atoms with Crippen LogP contribution in [0.5, 0.6) is 11.5 Å². The van der Waals surface area contributed by atoms with Crippen LogP contribution in [-0.2, 0) is 24.4 Å². The van der Waals surface area contributed by atoms with Gasteiger partial charge in [0.25, 0.3) is 0 Å². The van der Waals surface area contributed by atoms with Crippen LogP contribution < -0.4 is 14.8 Å². The van der Waals surface area contributed by atoms with Crippen molar-refractivity contribution in [3.8, 4) is 11.5 Å². The maximum absolute atomic E-state index is 13.1. The number of benzene rings is 3. The third kappa shape index (κ3) is 7.95. The third-order valence-corrected chi connectivity index (χ3v) is 11.4. The van der Waals surface area contributed by atoms with Crippen LogP contribution in [0.4, 0.5) is 4.79 Å². The molecule has 0 bridgehead atoms. The van der Waals surface area contributed by atoms with Crippen LogP contribution in [0.1, 0.15) is 57.7 Å². The van der Waals surface area contributed by atoms with Crippen molar-refractivity contribution < 1.29 is 33.1 Å². The van der Waals surface area contributed by atoms with Crippen molar-refractivity contribution in [2.24, 2.45) is 5.92 Å². The van der Waals surface area contributed by atoms with E-state index >= 15 is 0 Å². The summed E-state index contributed by atoms with van der Waals surface area (Å²) in [6.45, 7) is 13.0. The minimum absolute atomic E-state index is 0.157. The molecule has 0 spiro atoms. The van der Waals surface area contributed by atoms with Crippen molar-refractivity contribution >= 4 is 20.2 Å². The zero-order valence-corrected chi connectivity index (χ0v) is 30.7. The first kappa shape index (κ1) is 36.7. The number of urea groups is 1. The molecule has 2 saturated heterocycles. The van der Waals surface area contributed by atoms with E-state index in [1.165, 1.54) is 0 Å². The van der Waals surface area contributed by atoms with E-state index < -0.39 is 32.3 Å². The number of carbonyl (C=O) groups is 2. The number of hydrogen-bond donors (Lipinski definition) is 1. The molecule has 3 aromatic carbocycles. The smallest absolute Gasteiger partial charge is 0.326 e. The number of ether oxygens (including phenoxy) is 4. The average molecular weight is 692 g/mol. The highest BCUT2D eigenvalue weighted by Gasteiger charge is 2.47. The van der Waals surface area contributed by atoms with Gasteiger partial charge in [-0.3, -0.25) is 19.7 Å². The fourth-order valence-electron chi connectivity index (χ4n) is 6.94. The molecule has 0 saturated carbocycles. The molecule has 2 aliphatic heterocycles. The predicted molar refractivity (Wildman–Crippen MR) is 191 cm³/mol. The molecule has 0 radical (unpaired) electrons. The van der Waals surface area contributed by atoms with Crippen molar-refractivity contribution in [2.75, 3.05) is 34.0 Å². The van der Waals surface area contributed by atoms with Gasteiger partial charge in [0.1, 0.15) is 37.7 Å². The Morgan fingerprint density at radius 3 is 1.92 bits per heavy atom. The molecule has 2 heterocycles. The molecule has 0 aliphatic carbocycles. The molecule has 2 fully saturated rings. The molecule has 0 aromatic heterocycles. The SMILES string of the molecule is COc1ccc(C(OC[C@H]2O[C@@H](N3CC(C)C(=O)NC3=O)C[C@@H]2OP(C)N(C(C)C)C(C)C)(c2ccccc2)c2ccc(OC)cc2)cc1. The first-order valence-corrected chi connectivity index (χ1v) is 18.6. The van der Waals surface area contributed by atoms with Crippen LogP contribution in [-0.4, -0.2) is 86.1 Å². The Labute approximate surface area is 291 Å². The largest absolute Gasteiger partial charge is 0.497 e. The van der Waals surface area contributed by atoms with Crippen LogP contribution in [0.2, 0.25) is 0 Å². The molecule has 11 heteroatoms. The number of methoxy groups -OCH3 is 2. The summed E-state index contributed by atoms with van der Waals surface area (Å²) < 4.78 is 34.2. The molecular formula is C38H50N3O7P. The van der Waals surface area contributed by atoms with Crippen LogP contribution in [0.15, 0.2) is 78.9 Å². The Bertz CT molecular complexity index is 1480. The van der Waals surface area contributed by atoms with Gasteiger partial charge in [-0.1, -0.05) is 61.5 Å². The molecule has 5 rings (SSSR count). The van der Waals surface area contributed by atoms with Gasteiger partial charge in [-0.25, -0.2) is 4.79 Å². The minimum Gasteiger partial charge on any atom is -0.497 e. The Balaban J connectivity index is 1.54. The minimum atomic E-state index is -1.05. The van der Waals surface area contributed by atoms with Gasteiger partial charge in [0, 0.05) is 25.0 Å². The van der Waals surface area contributed by atoms with Gasteiger partial charge < -0.3 is 23.5 Å². The Morgan fingerprint density at radius 1 is 0.878 bits per heavy atom. The van der Waals surface area contributed by atoms with E-state index in [9.17, 15) is 9.59 Å². The second-order valence-electron chi connectivity index (χ2n) is 13.2. The lowest BCUT2D eigenvalue weighted by atomic mass is 9.80. The summed E-state index contributed by atoms with van der Waals surface area (Å²) >= 11 is 0. The molecule has 49 heavy (non-hydrogen) atoms. The van der Waals surface area contributed by atoms with Crippen molar-refractivity contribution in [1.29, 1.82) is 0 Å². The van der Waals surface area contributed by atoms with Crippen LogP contribution in [0, 0.1) is 5.92 Å². The van der Waals surface area contributed by atoms with Gasteiger partial charge >= 0.3 is 6.03 Å². The lowest BCUT2D eigenvalue weighted by Crippen LogP contribution is -2.57. The fourth-order valence-corrected chi connectivity index (χ4v) is 8.97. The summed E-state index contributed by atoms with van der Waals surface area (Å²) in [7, 11) is 2.29. The summed E-state index contributed by atoms with van der Waals surface area (Å²) in [4.78, 5) is 26.9. The van der Waals surface area contributed by atoms with Crippen molar-refractivity contribution in [3.05, 3.63) is 95.6 Å². The molecule has 5 atom stereocenters. The van der Waals surface area contributed by atoms with E-state index in [-0.39, 0.29) is 43.2 Å². The molecule has 2 aliphatic rings. The molecular weight excluding hydrogens is 641 g/mol. The molecule has 2 unspecified atom stereocenters. The molecule has 264 valence electrons. The van der Waals surface area contributed by atoms with Crippen molar-refractivity contribution in [1.82, 2.24) is 14.9 Å². The first-order chi connectivity index (χ1) is 23.5. The standard InChI is InChI=1S/C38H50N3O7P/c1-25(2)41(26(3)4)49(8)48-33-22-35(40-23-27(5)36(42)39-37(40)43)47-34(33)24-46-38(28-12-10-9-11-13-28,29-14-18-31(44-6)19-15-29)30-16-20-32(45-7)21-17-30/h9-21,25-27,33-35H,22-24H2,1-8H3,(H,39,42,43)/t27?,33-,34+,35+,49?/m0/s1. The maximum Gasteiger partial charge on any atom is 0.326 e. The summed E-state index contributed by atoms with van der Waals surface area (Å²) in [6.07, 6.45) is -1.03. The lowest BCUT2D eigenvalue weighted by molar-refractivity contribution is -0.130. The average Bonchev–Trinajstić information content (AvgIpc) is 3.49. The molecule has 3 aromatic rings. The summed E-state index contributed by atoms with van der Waals surface area (Å²) in [5.41, 5.74) is 1.70. The van der Waals surface area contributed by atoms with Crippen LogP contribution in [0.3, 0.4) is 0 Å². The summed E-state index contributed by atoms with van der Waals surface area (Å²) in [6, 6.07) is 26.0. The Hall–Kier alpha value is -3.53. The number of nitrogens with zero attached hydrogens (tertiary/aromatic N) is 2. The molecule has 1 N–H and O–H groups in total. The van der Waals surface area contributed by atoms with Gasteiger partial charge in [0.05, 0.1) is 32.8 Å². The second-order valence-corrected chi connectivity index (χ2v) is 14.8. The molecule has 10 nitrogen and oxygen atoms in total. The number of amides is 3.